The molecule has 12 heteroatoms. The largest absolute Gasteiger partial charge is 0.573 e. The van der Waals surface area contributed by atoms with E-state index >= 15 is 0 Å². The van der Waals surface area contributed by atoms with Gasteiger partial charge in [0.25, 0.3) is 11.5 Å². The van der Waals surface area contributed by atoms with Crippen LogP contribution in [0.15, 0.2) is 58.7 Å². The Bertz CT molecular complexity index is 1590. The lowest BCUT2D eigenvalue weighted by Gasteiger charge is -2.19. The zero-order valence-corrected chi connectivity index (χ0v) is 22.2. The number of thiophene rings is 1. The van der Waals surface area contributed by atoms with Crippen molar-refractivity contribution in [2.45, 2.75) is 39.5 Å². The van der Waals surface area contributed by atoms with Crippen molar-refractivity contribution in [3.8, 4) is 11.4 Å². The zero-order valence-electron chi connectivity index (χ0n) is 21.4. The number of nitrogens with zero attached hydrogens (tertiary/aromatic N) is 2. The summed E-state index contributed by atoms with van der Waals surface area (Å²) in [7, 11) is 0. The summed E-state index contributed by atoms with van der Waals surface area (Å²) in [5, 5.41) is 8.75. The predicted octanol–water partition coefficient (Wildman–Crippen LogP) is 6.07. The Morgan fingerprint density at radius 2 is 1.67 bits per heavy atom. The molecule has 0 unspecified atom stereocenters. The number of alkyl halides is 3. The maximum absolute atomic E-state index is 13.5. The van der Waals surface area contributed by atoms with Gasteiger partial charge in [-0.15, -0.1) is 24.5 Å². The molecule has 4 aromatic rings. The minimum absolute atomic E-state index is 0.00772. The minimum Gasteiger partial charge on any atom is -0.461 e. The molecule has 1 N–H and O–H groups in total. The molecule has 0 atom stereocenters. The van der Waals surface area contributed by atoms with E-state index in [-0.39, 0.29) is 39.2 Å². The third kappa shape index (κ3) is 6.11. The van der Waals surface area contributed by atoms with Crippen LogP contribution in [0.3, 0.4) is 0 Å². The van der Waals surface area contributed by atoms with Crippen LogP contribution >= 0.6 is 11.3 Å². The summed E-state index contributed by atoms with van der Waals surface area (Å²) in [6.07, 6.45) is -4.89. The number of hydrogen-bond donors (Lipinski definition) is 1. The first kappa shape index (κ1) is 27.8. The molecule has 2 heterocycles. The normalized spacial score (nSPS) is 11.9. The maximum atomic E-state index is 13.5. The Balaban J connectivity index is 1.77. The van der Waals surface area contributed by atoms with E-state index in [1.165, 1.54) is 17.5 Å². The molecule has 2 aromatic heterocycles. The van der Waals surface area contributed by atoms with Gasteiger partial charge in [0.05, 0.1) is 17.7 Å². The second-order valence-corrected chi connectivity index (χ2v) is 10.3. The van der Waals surface area contributed by atoms with Crippen molar-refractivity contribution in [2.24, 2.45) is 0 Å². The Kier molecular flexibility index (Phi) is 7.51. The van der Waals surface area contributed by atoms with Crippen LogP contribution in [0, 0.1) is 0 Å². The second kappa shape index (κ2) is 10.5. The number of nitrogens with one attached hydrogen (secondary N) is 1. The Morgan fingerprint density at radius 3 is 2.23 bits per heavy atom. The van der Waals surface area contributed by atoms with Crippen molar-refractivity contribution in [3.05, 3.63) is 81.1 Å². The van der Waals surface area contributed by atoms with E-state index in [1.54, 1.807) is 19.1 Å². The van der Waals surface area contributed by atoms with E-state index in [4.69, 9.17) is 4.74 Å². The van der Waals surface area contributed by atoms with Crippen molar-refractivity contribution in [1.29, 1.82) is 0 Å². The highest BCUT2D eigenvalue weighted by Gasteiger charge is 2.31. The highest BCUT2D eigenvalue weighted by atomic mass is 32.1. The molecule has 2 aromatic carbocycles. The molecular weight excluding hydrogens is 535 g/mol. The van der Waals surface area contributed by atoms with Crippen LogP contribution in [-0.2, 0) is 10.2 Å². The number of ether oxygens (including phenoxy) is 2. The molecule has 0 fully saturated rings. The van der Waals surface area contributed by atoms with Gasteiger partial charge in [-0.05, 0) is 54.3 Å². The number of fused-ring (bicyclic) bond motifs is 1. The van der Waals surface area contributed by atoms with E-state index in [9.17, 15) is 27.6 Å². The van der Waals surface area contributed by atoms with E-state index in [1.807, 2.05) is 12.1 Å². The molecule has 0 aliphatic carbocycles. The number of hydrogen-bond acceptors (Lipinski definition) is 7. The van der Waals surface area contributed by atoms with Gasteiger partial charge in [0.1, 0.15) is 10.8 Å². The summed E-state index contributed by atoms with van der Waals surface area (Å²) in [6.45, 7) is 7.81. The van der Waals surface area contributed by atoms with Crippen LogP contribution in [0.2, 0.25) is 0 Å². The first-order valence-electron chi connectivity index (χ1n) is 11.8. The molecule has 0 aliphatic rings. The fourth-order valence-electron chi connectivity index (χ4n) is 3.75. The third-order valence-electron chi connectivity index (χ3n) is 5.68. The summed E-state index contributed by atoms with van der Waals surface area (Å²) >= 11 is 1.03. The van der Waals surface area contributed by atoms with E-state index in [0.717, 1.165) is 33.7 Å². The van der Waals surface area contributed by atoms with Gasteiger partial charge in [0, 0.05) is 16.3 Å². The van der Waals surface area contributed by atoms with Crippen molar-refractivity contribution >= 4 is 39.0 Å². The van der Waals surface area contributed by atoms with Gasteiger partial charge in [0.2, 0.25) is 0 Å². The fourth-order valence-corrected chi connectivity index (χ4v) is 4.68. The second-order valence-electron chi connectivity index (χ2n) is 9.46. The van der Waals surface area contributed by atoms with E-state index in [2.05, 4.69) is 35.9 Å². The van der Waals surface area contributed by atoms with E-state index < -0.39 is 29.5 Å². The molecular formula is C27H24F3N3O5S. The highest BCUT2D eigenvalue weighted by Crippen LogP contribution is 2.32. The summed E-state index contributed by atoms with van der Waals surface area (Å²) in [5.41, 5.74) is 0.501. The highest BCUT2D eigenvalue weighted by molar-refractivity contribution is 7.16. The van der Waals surface area contributed by atoms with Gasteiger partial charge >= 0.3 is 12.3 Å². The molecule has 0 radical (unpaired) electrons. The first-order valence-corrected chi connectivity index (χ1v) is 12.7. The zero-order chi connectivity index (χ0) is 28.5. The molecule has 0 bridgehead atoms. The number of benzene rings is 2. The van der Waals surface area contributed by atoms with Gasteiger partial charge in [0.15, 0.2) is 5.69 Å². The first-order chi connectivity index (χ1) is 18.3. The average Bonchev–Trinajstić information content (AvgIpc) is 3.27. The van der Waals surface area contributed by atoms with Crippen molar-refractivity contribution in [2.75, 3.05) is 11.9 Å². The molecule has 1 amide bonds. The average molecular weight is 560 g/mol. The minimum atomic E-state index is -4.89. The summed E-state index contributed by atoms with van der Waals surface area (Å²) in [6, 6.07) is 11.5. The van der Waals surface area contributed by atoms with Crippen LogP contribution in [0.4, 0.5) is 18.2 Å². The fraction of sp³-hybridized carbons (Fsp3) is 0.259. The summed E-state index contributed by atoms with van der Waals surface area (Å²) < 4.78 is 47.5. The van der Waals surface area contributed by atoms with E-state index in [0.29, 0.717) is 5.56 Å². The van der Waals surface area contributed by atoms with Gasteiger partial charge < -0.3 is 14.8 Å². The van der Waals surface area contributed by atoms with Gasteiger partial charge in [-0.3, -0.25) is 9.59 Å². The lowest BCUT2D eigenvalue weighted by Crippen LogP contribution is -2.25. The van der Waals surface area contributed by atoms with Crippen LogP contribution < -0.4 is 15.6 Å². The number of carbonyl (C=O) groups excluding carboxylic acids is 2. The number of anilines is 1. The smallest absolute Gasteiger partial charge is 0.461 e. The Hall–Kier alpha value is -4.19. The lowest BCUT2D eigenvalue weighted by molar-refractivity contribution is -0.274. The molecule has 0 aliphatic heterocycles. The number of amides is 1. The van der Waals surface area contributed by atoms with Crippen LogP contribution in [-0.4, -0.2) is 34.6 Å². The van der Waals surface area contributed by atoms with Crippen molar-refractivity contribution in [3.63, 3.8) is 0 Å². The number of esters is 1. The van der Waals surface area contributed by atoms with Crippen LogP contribution in [0.25, 0.3) is 16.5 Å². The van der Waals surface area contributed by atoms with Crippen molar-refractivity contribution < 1.29 is 32.2 Å². The summed E-state index contributed by atoms with van der Waals surface area (Å²) in [4.78, 5) is 39.3. The molecule has 0 saturated heterocycles. The van der Waals surface area contributed by atoms with Crippen LogP contribution in [0.5, 0.6) is 5.75 Å². The Labute approximate surface area is 225 Å². The molecule has 8 nitrogen and oxygen atoms in total. The maximum Gasteiger partial charge on any atom is 0.573 e. The number of halogens is 3. The quantitative estimate of drug-likeness (QED) is 0.288. The van der Waals surface area contributed by atoms with Gasteiger partial charge in [-0.1, -0.05) is 32.9 Å². The van der Waals surface area contributed by atoms with Gasteiger partial charge in [-0.25, -0.2) is 4.79 Å². The number of aromatic nitrogens is 2. The SMILES string of the molecule is CCOC(=O)c1nn(-c2ccc(OC(F)(F)F)cc2)c(=O)c2c(NC(=O)c3ccc(C(C)(C)C)cc3)scc12. The summed E-state index contributed by atoms with van der Waals surface area (Å²) in [5.74, 6) is -1.76. The molecule has 0 saturated carbocycles. The predicted molar refractivity (Wildman–Crippen MR) is 141 cm³/mol. The molecule has 4 rings (SSSR count). The number of rotatable bonds is 6. The number of carbonyl (C=O) groups is 2. The topological polar surface area (TPSA) is 99.5 Å². The molecule has 0 spiro atoms. The van der Waals surface area contributed by atoms with Gasteiger partial charge in [-0.2, -0.15) is 9.78 Å². The van der Waals surface area contributed by atoms with Crippen LogP contribution in [0.1, 0.15) is 54.1 Å². The molecule has 204 valence electrons. The third-order valence-corrected chi connectivity index (χ3v) is 6.57. The van der Waals surface area contributed by atoms with Crippen molar-refractivity contribution in [1.82, 2.24) is 9.78 Å². The monoisotopic (exact) mass is 559 g/mol. The standard InChI is InChI=1S/C27H24F3N3O5S/c1-5-37-25(36)21-19-14-39-23(31-22(34)15-6-8-16(9-7-15)26(2,3)4)20(19)24(35)33(32-21)17-10-12-18(13-11-17)38-27(28,29)30/h6-14H,5H2,1-4H3,(H,31,34). The lowest BCUT2D eigenvalue weighted by atomic mass is 9.87. The Morgan fingerprint density at radius 1 is 1.03 bits per heavy atom. The molecule has 39 heavy (non-hydrogen) atoms.